The van der Waals surface area contributed by atoms with Crippen molar-refractivity contribution in [2.75, 3.05) is 12.3 Å². The first-order valence-corrected chi connectivity index (χ1v) is 8.42. The van der Waals surface area contributed by atoms with Crippen LogP contribution in [0.5, 0.6) is 0 Å². The lowest BCUT2D eigenvalue weighted by Crippen LogP contribution is -2.25. The quantitative estimate of drug-likeness (QED) is 0.774. The Morgan fingerprint density at radius 1 is 1.16 bits per heavy atom. The number of nitrogens with one attached hydrogen (secondary N) is 1. The molecule has 0 aliphatic heterocycles. The average molecular weight is 279 g/mol. The molecule has 0 heterocycles. The van der Waals surface area contributed by atoms with Crippen LogP contribution in [0.2, 0.25) is 0 Å². The molecule has 1 aromatic carbocycles. The maximum absolute atomic E-state index is 3.64. The summed E-state index contributed by atoms with van der Waals surface area (Å²) in [6.45, 7) is 14.5. The Bertz CT molecular complexity index is 387. The van der Waals surface area contributed by atoms with E-state index < -0.39 is 0 Å². The summed E-state index contributed by atoms with van der Waals surface area (Å²) < 4.78 is 0. The molecule has 0 saturated heterocycles. The molecular formula is C17H29NS. The van der Waals surface area contributed by atoms with Gasteiger partial charge in [0.1, 0.15) is 0 Å². The topological polar surface area (TPSA) is 12.0 Å². The fourth-order valence-electron chi connectivity index (χ4n) is 2.08. The second kappa shape index (κ2) is 7.96. The van der Waals surface area contributed by atoms with Gasteiger partial charge in [-0.15, -0.1) is 0 Å². The highest BCUT2D eigenvalue weighted by Gasteiger charge is 2.16. The maximum atomic E-state index is 3.64. The van der Waals surface area contributed by atoms with E-state index in [4.69, 9.17) is 0 Å². The average Bonchev–Trinajstić information content (AvgIpc) is 2.37. The summed E-state index contributed by atoms with van der Waals surface area (Å²) in [5.74, 6) is 1.89. The van der Waals surface area contributed by atoms with E-state index in [9.17, 15) is 0 Å². The van der Waals surface area contributed by atoms with Crippen LogP contribution in [0.25, 0.3) is 0 Å². The Morgan fingerprint density at radius 2 is 1.84 bits per heavy atom. The molecule has 1 nitrogen and oxygen atoms in total. The number of rotatable bonds is 7. The highest BCUT2D eigenvalue weighted by atomic mass is 32.2. The molecule has 2 atom stereocenters. The van der Waals surface area contributed by atoms with Crippen molar-refractivity contribution in [3.05, 3.63) is 34.9 Å². The summed E-state index contributed by atoms with van der Waals surface area (Å²) in [7, 11) is 0. The fraction of sp³-hybridized carbons (Fsp3) is 0.647. The molecule has 0 fully saturated rings. The van der Waals surface area contributed by atoms with Crippen LogP contribution in [0.4, 0.5) is 0 Å². The van der Waals surface area contributed by atoms with Crippen LogP contribution in [0, 0.1) is 19.8 Å². The van der Waals surface area contributed by atoms with Crippen molar-refractivity contribution in [1.29, 1.82) is 0 Å². The summed E-state index contributed by atoms with van der Waals surface area (Å²) in [6.07, 6.45) is 0. The van der Waals surface area contributed by atoms with E-state index in [2.05, 4.69) is 76.8 Å². The lowest BCUT2D eigenvalue weighted by atomic mass is 10.00. The number of thioether (sulfide) groups is 1. The van der Waals surface area contributed by atoms with Crippen molar-refractivity contribution >= 4 is 11.8 Å². The van der Waals surface area contributed by atoms with Gasteiger partial charge in [-0.25, -0.2) is 0 Å². The first-order valence-electron chi connectivity index (χ1n) is 7.37. The number of hydrogen-bond donors (Lipinski definition) is 1. The van der Waals surface area contributed by atoms with Crippen molar-refractivity contribution in [3.8, 4) is 0 Å². The SMILES string of the molecule is CCNC(CSC(C)C(C)C)c1cc(C)ccc1C. The van der Waals surface area contributed by atoms with Gasteiger partial charge in [0.15, 0.2) is 0 Å². The Hall–Kier alpha value is -0.470. The van der Waals surface area contributed by atoms with E-state index >= 15 is 0 Å². The molecule has 0 amide bonds. The molecule has 19 heavy (non-hydrogen) atoms. The third kappa shape index (κ3) is 5.19. The smallest absolute Gasteiger partial charge is 0.0414 e. The van der Waals surface area contributed by atoms with Gasteiger partial charge in [0, 0.05) is 17.0 Å². The van der Waals surface area contributed by atoms with Crippen molar-refractivity contribution in [1.82, 2.24) is 5.32 Å². The highest BCUT2D eigenvalue weighted by Crippen LogP contribution is 2.27. The molecule has 0 radical (unpaired) electrons. The molecule has 0 aliphatic carbocycles. The standard InChI is InChI=1S/C17H29NS/c1-7-18-17(11-19-15(6)12(2)3)16-10-13(4)8-9-14(16)5/h8-10,12,15,17-18H,7,11H2,1-6H3. The molecule has 2 unspecified atom stereocenters. The van der Waals surface area contributed by atoms with Gasteiger partial charge in [-0.05, 0) is 37.4 Å². The Morgan fingerprint density at radius 3 is 2.42 bits per heavy atom. The van der Waals surface area contributed by atoms with E-state index in [1.54, 1.807) is 0 Å². The molecular weight excluding hydrogens is 250 g/mol. The van der Waals surface area contributed by atoms with E-state index in [1.807, 2.05) is 0 Å². The van der Waals surface area contributed by atoms with E-state index in [-0.39, 0.29) is 0 Å². The zero-order valence-corrected chi connectivity index (χ0v) is 14.1. The fourth-order valence-corrected chi connectivity index (χ4v) is 3.26. The number of aryl methyl sites for hydroxylation is 2. The van der Waals surface area contributed by atoms with Gasteiger partial charge in [0.25, 0.3) is 0 Å². The summed E-state index contributed by atoms with van der Waals surface area (Å²) in [5, 5.41) is 4.35. The summed E-state index contributed by atoms with van der Waals surface area (Å²) in [5.41, 5.74) is 4.21. The summed E-state index contributed by atoms with van der Waals surface area (Å²) >= 11 is 2.08. The lowest BCUT2D eigenvalue weighted by Gasteiger charge is -2.23. The molecule has 0 bridgehead atoms. The van der Waals surface area contributed by atoms with Crippen LogP contribution in [0.15, 0.2) is 18.2 Å². The Labute approximate surface area is 123 Å². The molecule has 0 aliphatic rings. The molecule has 1 rings (SSSR count). The van der Waals surface area contributed by atoms with Crippen LogP contribution < -0.4 is 5.32 Å². The van der Waals surface area contributed by atoms with Crippen LogP contribution >= 0.6 is 11.8 Å². The molecule has 0 spiro atoms. The monoisotopic (exact) mass is 279 g/mol. The molecule has 0 saturated carbocycles. The normalized spacial score (nSPS) is 14.7. The Kier molecular flexibility index (Phi) is 6.95. The predicted molar refractivity (Wildman–Crippen MR) is 89.1 cm³/mol. The van der Waals surface area contributed by atoms with Gasteiger partial charge in [-0.2, -0.15) is 11.8 Å². The van der Waals surface area contributed by atoms with E-state index in [0.29, 0.717) is 11.3 Å². The van der Waals surface area contributed by atoms with Gasteiger partial charge in [-0.1, -0.05) is 51.5 Å². The van der Waals surface area contributed by atoms with E-state index in [1.165, 1.54) is 16.7 Å². The van der Waals surface area contributed by atoms with Crippen LogP contribution in [0.3, 0.4) is 0 Å². The van der Waals surface area contributed by atoms with Gasteiger partial charge in [0.05, 0.1) is 0 Å². The first kappa shape index (κ1) is 16.6. The minimum Gasteiger partial charge on any atom is -0.310 e. The van der Waals surface area contributed by atoms with E-state index in [0.717, 1.165) is 18.2 Å². The van der Waals surface area contributed by atoms with Crippen LogP contribution in [0.1, 0.15) is 50.4 Å². The second-order valence-electron chi connectivity index (χ2n) is 5.75. The molecule has 108 valence electrons. The Balaban J connectivity index is 2.79. The van der Waals surface area contributed by atoms with Crippen LogP contribution in [-0.4, -0.2) is 17.5 Å². The van der Waals surface area contributed by atoms with Gasteiger partial charge < -0.3 is 5.32 Å². The van der Waals surface area contributed by atoms with Gasteiger partial charge >= 0.3 is 0 Å². The van der Waals surface area contributed by atoms with Crippen molar-refractivity contribution in [2.45, 2.75) is 52.8 Å². The molecule has 2 heteroatoms. The maximum Gasteiger partial charge on any atom is 0.0414 e. The van der Waals surface area contributed by atoms with Crippen LogP contribution in [-0.2, 0) is 0 Å². The number of hydrogen-bond acceptors (Lipinski definition) is 2. The first-order chi connectivity index (χ1) is 8.95. The zero-order chi connectivity index (χ0) is 14.4. The van der Waals surface area contributed by atoms with Crippen molar-refractivity contribution in [3.63, 3.8) is 0 Å². The third-order valence-electron chi connectivity index (χ3n) is 3.73. The lowest BCUT2D eigenvalue weighted by molar-refractivity contribution is 0.595. The zero-order valence-electron chi connectivity index (χ0n) is 13.3. The summed E-state index contributed by atoms with van der Waals surface area (Å²) in [4.78, 5) is 0. The highest BCUT2D eigenvalue weighted by molar-refractivity contribution is 7.99. The van der Waals surface area contributed by atoms with Crippen molar-refractivity contribution < 1.29 is 0 Å². The number of benzene rings is 1. The summed E-state index contributed by atoms with van der Waals surface area (Å²) in [6, 6.07) is 7.25. The molecule has 1 aromatic rings. The minimum absolute atomic E-state index is 0.469. The largest absolute Gasteiger partial charge is 0.310 e. The van der Waals surface area contributed by atoms with Gasteiger partial charge in [-0.3, -0.25) is 0 Å². The molecule has 1 N–H and O–H groups in total. The van der Waals surface area contributed by atoms with Crippen molar-refractivity contribution in [2.24, 2.45) is 5.92 Å². The second-order valence-corrected chi connectivity index (χ2v) is 7.16. The predicted octanol–water partition coefficient (Wildman–Crippen LogP) is 4.73. The minimum atomic E-state index is 0.469. The molecule has 0 aromatic heterocycles. The third-order valence-corrected chi connectivity index (χ3v) is 5.32. The van der Waals surface area contributed by atoms with Gasteiger partial charge in [0.2, 0.25) is 0 Å².